The average molecular weight is 508 g/mol. The molecule has 0 bridgehead atoms. The molecule has 0 spiro atoms. The van der Waals surface area contributed by atoms with Crippen molar-refractivity contribution in [1.29, 1.82) is 0 Å². The molecule has 182 valence electrons. The number of benzene rings is 2. The number of aromatic nitrogens is 1. The van der Waals surface area contributed by atoms with Gasteiger partial charge in [-0.3, -0.25) is 4.79 Å². The molecule has 6 nitrogen and oxygen atoms in total. The molecule has 1 aliphatic rings. The monoisotopic (exact) mass is 507 g/mol. The molecule has 1 aliphatic heterocycles. The number of amides is 1. The molecular weight excluding hydrogens is 478 g/mol. The maximum atomic E-state index is 13.5. The Morgan fingerprint density at radius 3 is 2.54 bits per heavy atom. The Bertz CT molecular complexity index is 1400. The average Bonchev–Trinajstić information content (AvgIpc) is 3.38. The minimum atomic E-state index is -0.242. The highest BCUT2D eigenvalue weighted by Gasteiger charge is 2.41. The fraction of sp³-hybridized carbons (Fsp3) is 0.333. The van der Waals surface area contributed by atoms with Gasteiger partial charge in [-0.1, -0.05) is 12.1 Å². The second-order valence-electron chi connectivity index (χ2n) is 9.93. The van der Waals surface area contributed by atoms with Crippen LogP contribution in [0.1, 0.15) is 48.5 Å². The standard InChI is InChI=1S/C27H29N3O3S2/c1-26(2)14-17-21(24-28-18-9-7-8-10-20(18)34-24)25(35-22(17)27(3,4)30-26)29-23(31)16-12-11-15(32-5)13-19(16)33-6/h7-13,30H,14H2,1-6H3,(H,29,31). The summed E-state index contributed by atoms with van der Waals surface area (Å²) in [6.45, 7) is 8.84. The van der Waals surface area contributed by atoms with E-state index in [4.69, 9.17) is 14.5 Å². The summed E-state index contributed by atoms with van der Waals surface area (Å²) in [6, 6.07) is 13.4. The molecule has 2 aromatic carbocycles. The van der Waals surface area contributed by atoms with Crippen LogP contribution in [0.4, 0.5) is 5.00 Å². The fourth-order valence-electron chi connectivity index (χ4n) is 4.98. The molecular formula is C27H29N3O3S2. The number of methoxy groups -OCH3 is 2. The van der Waals surface area contributed by atoms with Crippen molar-refractivity contribution < 1.29 is 14.3 Å². The highest BCUT2D eigenvalue weighted by molar-refractivity contribution is 7.23. The second kappa shape index (κ2) is 8.62. The van der Waals surface area contributed by atoms with Gasteiger partial charge in [0.25, 0.3) is 5.91 Å². The number of hydrogen-bond acceptors (Lipinski definition) is 7. The number of thiophene rings is 1. The molecule has 0 saturated heterocycles. The number of nitrogens with zero attached hydrogens (tertiary/aromatic N) is 1. The normalized spacial score (nSPS) is 16.1. The molecule has 0 saturated carbocycles. The zero-order valence-corrected chi connectivity index (χ0v) is 22.4. The molecule has 2 N–H and O–H groups in total. The van der Waals surface area contributed by atoms with E-state index < -0.39 is 0 Å². The van der Waals surface area contributed by atoms with Crippen LogP contribution in [0.15, 0.2) is 42.5 Å². The Morgan fingerprint density at radius 2 is 1.83 bits per heavy atom. The number of carbonyl (C=O) groups excluding carboxylic acids is 1. The molecule has 2 aromatic heterocycles. The van der Waals surface area contributed by atoms with Crippen molar-refractivity contribution in [2.45, 2.75) is 45.2 Å². The molecule has 8 heteroatoms. The summed E-state index contributed by atoms with van der Waals surface area (Å²) in [6.07, 6.45) is 0.843. The lowest BCUT2D eigenvalue weighted by Crippen LogP contribution is -2.54. The minimum absolute atomic E-state index is 0.0938. The molecule has 0 aliphatic carbocycles. The third-order valence-corrected chi connectivity index (χ3v) is 8.76. The van der Waals surface area contributed by atoms with Crippen LogP contribution in [-0.4, -0.2) is 30.6 Å². The topological polar surface area (TPSA) is 72.5 Å². The van der Waals surface area contributed by atoms with Crippen LogP contribution in [-0.2, 0) is 12.0 Å². The lowest BCUT2D eigenvalue weighted by Gasteiger charge is -2.42. The molecule has 1 amide bonds. The fourth-order valence-corrected chi connectivity index (χ4v) is 7.36. The predicted molar refractivity (Wildman–Crippen MR) is 144 cm³/mol. The first-order valence-electron chi connectivity index (χ1n) is 11.5. The Hall–Kier alpha value is -2.94. The summed E-state index contributed by atoms with van der Waals surface area (Å²) in [4.78, 5) is 19.7. The lowest BCUT2D eigenvalue weighted by molar-refractivity contribution is 0.102. The van der Waals surface area contributed by atoms with E-state index in [-0.39, 0.29) is 17.0 Å². The van der Waals surface area contributed by atoms with E-state index >= 15 is 0 Å². The molecule has 0 radical (unpaired) electrons. The van der Waals surface area contributed by atoms with Crippen LogP contribution >= 0.6 is 22.7 Å². The van der Waals surface area contributed by atoms with Crippen LogP contribution in [0.5, 0.6) is 11.5 Å². The van der Waals surface area contributed by atoms with Crippen molar-refractivity contribution in [1.82, 2.24) is 10.3 Å². The number of rotatable bonds is 5. The van der Waals surface area contributed by atoms with Gasteiger partial charge in [-0.15, -0.1) is 22.7 Å². The van der Waals surface area contributed by atoms with Gasteiger partial charge in [0, 0.05) is 27.6 Å². The summed E-state index contributed by atoms with van der Waals surface area (Å²) >= 11 is 3.29. The summed E-state index contributed by atoms with van der Waals surface area (Å²) < 4.78 is 11.9. The summed E-state index contributed by atoms with van der Waals surface area (Å²) in [7, 11) is 3.14. The van der Waals surface area contributed by atoms with Crippen molar-refractivity contribution in [3.8, 4) is 22.1 Å². The number of fused-ring (bicyclic) bond motifs is 2. The summed E-state index contributed by atoms with van der Waals surface area (Å²) in [5, 5.41) is 8.71. The van der Waals surface area contributed by atoms with E-state index in [0.29, 0.717) is 17.1 Å². The second-order valence-corrected chi connectivity index (χ2v) is 12.0. The molecule has 5 rings (SSSR count). The zero-order valence-electron chi connectivity index (χ0n) is 20.7. The maximum Gasteiger partial charge on any atom is 0.260 e. The van der Waals surface area contributed by atoms with E-state index in [1.54, 1.807) is 55.1 Å². The number of ether oxygens (including phenoxy) is 2. The number of thiazole rings is 1. The number of para-hydroxylation sites is 1. The predicted octanol–water partition coefficient (Wildman–Crippen LogP) is 6.45. The van der Waals surface area contributed by atoms with Crippen LogP contribution in [0.2, 0.25) is 0 Å². The molecule has 4 aromatic rings. The van der Waals surface area contributed by atoms with Gasteiger partial charge in [0.1, 0.15) is 21.5 Å². The quantitative estimate of drug-likeness (QED) is 0.325. The third-order valence-electron chi connectivity index (χ3n) is 6.23. The molecule has 3 heterocycles. The highest BCUT2D eigenvalue weighted by Crippen LogP contribution is 2.50. The number of anilines is 1. The van der Waals surface area contributed by atoms with Crippen molar-refractivity contribution in [3.05, 3.63) is 58.5 Å². The lowest BCUT2D eigenvalue weighted by atomic mass is 9.81. The van der Waals surface area contributed by atoms with Gasteiger partial charge < -0.3 is 20.1 Å². The molecule has 0 atom stereocenters. The third kappa shape index (κ3) is 4.30. The van der Waals surface area contributed by atoms with Gasteiger partial charge in [0.2, 0.25) is 0 Å². The zero-order chi connectivity index (χ0) is 25.0. The Kier molecular flexibility index (Phi) is 5.86. The van der Waals surface area contributed by atoms with Crippen LogP contribution in [0.3, 0.4) is 0 Å². The number of carbonyl (C=O) groups is 1. The van der Waals surface area contributed by atoms with Crippen LogP contribution in [0, 0.1) is 0 Å². The van der Waals surface area contributed by atoms with Crippen LogP contribution < -0.4 is 20.1 Å². The summed E-state index contributed by atoms with van der Waals surface area (Å²) in [5.41, 5.74) is 3.35. The largest absolute Gasteiger partial charge is 0.497 e. The van der Waals surface area contributed by atoms with Crippen molar-refractivity contribution >= 4 is 43.8 Å². The molecule has 0 fully saturated rings. The van der Waals surface area contributed by atoms with Gasteiger partial charge in [-0.25, -0.2) is 4.98 Å². The SMILES string of the molecule is COc1ccc(C(=O)Nc2sc3c(c2-c2nc4ccccc4s2)CC(C)(C)NC3(C)C)c(OC)c1. The number of nitrogens with one attached hydrogen (secondary N) is 2. The van der Waals surface area contributed by atoms with E-state index in [0.717, 1.165) is 32.2 Å². The number of hydrogen-bond donors (Lipinski definition) is 2. The van der Waals surface area contributed by atoms with E-state index in [1.807, 2.05) is 18.2 Å². The van der Waals surface area contributed by atoms with Gasteiger partial charge in [0.15, 0.2) is 0 Å². The van der Waals surface area contributed by atoms with Crippen molar-refractivity contribution in [3.63, 3.8) is 0 Å². The Labute approximate surface area is 213 Å². The van der Waals surface area contributed by atoms with Gasteiger partial charge in [0.05, 0.1) is 30.0 Å². The first-order chi connectivity index (χ1) is 16.6. The molecule has 0 unspecified atom stereocenters. The van der Waals surface area contributed by atoms with Gasteiger partial charge in [-0.2, -0.15) is 0 Å². The first kappa shape index (κ1) is 23.8. The van der Waals surface area contributed by atoms with Gasteiger partial charge in [-0.05, 0) is 63.9 Å². The first-order valence-corrected chi connectivity index (χ1v) is 13.1. The van der Waals surface area contributed by atoms with Crippen molar-refractivity contribution in [2.24, 2.45) is 0 Å². The maximum absolute atomic E-state index is 13.5. The Balaban J connectivity index is 1.65. The van der Waals surface area contributed by atoms with Crippen LogP contribution in [0.25, 0.3) is 20.8 Å². The van der Waals surface area contributed by atoms with E-state index in [2.05, 4.69) is 44.4 Å². The smallest absolute Gasteiger partial charge is 0.260 e. The summed E-state index contributed by atoms with van der Waals surface area (Å²) in [5.74, 6) is 0.874. The minimum Gasteiger partial charge on any atom is -0.497 e. The van der Waals surface area contributed by atoms with Gasteiger partial charge >= 0.3 is 0 Å². The van der Waals surface area contributed by atoms with E-state index in [9.17, 15) is 4.79 Å². The van der Waals surface area contributed by atoms with E-state index in [1.165, 1.54) is 10.4 Å². The highest BCUT2D eigenvalue weighted by atomic mass is 32.1. The van der Waals surface area contributed by atoms with Crippen molar-refractivity contribution in [2.75, 3.05) is 19.5 Å². The Morgan fingerprint density at radius 1 is 1.06 bits per heavy atom. The molecule has 35 heavy (non-hydrogen) atoms.